The molecule has 0 unspecified atom stereocenters. The zero-order chi connectivity index (χ0) is 17.1. The first-order chi connectivity index (χ1) is 11.7. The van der Waals surface area contributed by atoms with Crippen molar-refractivity contribution >= 4 is 17.4 Å². The van der Waals surface area contributed by atoms with Crippen molar-refractivity contribution in [1.29, 1.82) is 0 Å². The van der Waals surface area contributed by atoms with Gasteiger partial charge in [0.1, 0.15) is 22.9 Å². The van der Waals surface area contributed by atoms with Gasteiger partial charge in [0.15, 0.2) is 0 Å². The van der Waals surface area contributed by atoms with Crippen molar-refractivity contribution in [1.82, 2.24) is 19.4 Å². The SMILES string of the molecule is COCCNc1c(-c2nc[nH]c2C)nc2ccc(C(=O)OC)cn12. The van der Waals surface area contributed by atoms with Crippen LogP contribution in [-0.4, -0.2) is 52.7 Å². The maximum Gasteiger partial charge on any atom is 0.339 e. The lowest BCUT2D eigenvalue weighted by Gasteiger charge is -2.08. The van der Waals surface area contributed by atoms with Crippen LogP contribution < -0.4 is 5.32 Å². The summed E-state index contributed by atoms with van der Waals surface area (Å²) in [5.74, 6) is 0.356. The highest BCUT2D eigenvalue weighted by Crippen LogP contribution is 2.29. The Bertz CT molecular complexity index is 868. The van der Waals surface area contributed by atoms with Gasteiger partial charge < -0.3 is 19.8 Å². The van der Waals surface area contributed by atoms with Gasteiger partial charge in [0.2, 0.25) is 0 Å². The van der Waals surface area contributed by atoms with Gasteiger partial charge in [-0.15, -0.1) is 0 Å². The van der Waals surface area contributed by atoms with Crippen molar-refractivity contribution in [3.8, 4) is 11.4 Å². The van der Waals surface area contributed by atoms with E-state index in [1.807, 2.05) is 11.3 Å². The van der Waals surface area contributed by atoms with Gasteiger partial charge in [0, 0.05) is 25.5 Å². The molecule has 0 fully saturated rings. The molecular formula is C16H19N5O3. The molecule has 0 amide bonds. The van der Waals surface area contributed by atoms with E-state index < -0.39 is 5.97 Å². The number of pyridine rings is 1. The third-order valence-corrected chi connectivity index (χ3v) is 3.69. The first-order valence-corrected chi connectivity index (χ1v) is 7.49. The molecule has 3 aromatic heterocycles. The van der Waals surface area contributed by atoms with Crippen molar-refractivity contribution in [2.24, 2.45) is 0 Å². The van der Waals surface area contributed by atoms with Gasteiger partial charge in [0.25, 0.3) is 0 Å². The number of anilines is 1. The summed E-state index contributed by atoms with van der Waals surface area (Å²) in [4.78, 5) is 23.9. The lowest BCUT2D eigenvalue weighted by molar-refractivity contribution is 0.0600. The molecule has 0 saturated heterocycles. The number of hydrogen-bond acceptors (Lipinski definition) is 6. The molecule has 0 atom stereocenters. The predicted molar refractivity (Wildman–Crippen MR) is 89.2 cm³/mol. The van der Waals surface area contributed by atoms with Crippen LogP contribution in [0.25, 0.3) is 17.0 Å². The molecular weight excluding hydrogens is 310 g/mol. The molecule has 8 heteroatoms. The molecule has 0 aliphatic heterocycles. The van der Waals surface area contributed by atoms with Gasteiger partial charge >= 0.3 is 5.97 Å². The molecule has 0 spiro atoms. The number of methoxy groups -OCH3 is 2. The second-order valence-corrected chi connectivity index (χ2v) is 5.24. The molecule has 126 valence electrons. The van der Waals surface area contributed by atoms with Gasteiger partial charge in [-0.2, -0.15) is 0 Å². The Hall–Kier alpha value is -2.87. The Morgan fingerprint density at radius 3 is 2.83 bits per heavy atom. The summed E-state index contributed by atoms with van der Waals surface area (Å²) in [5.41, 5.74) is 3.55. The van der Waals surface area contributed by atoms with E-state index in [-0.39, 0.29) is 0 Å². The van der Waals surface area contributed by atoms with Crippen molar-refractivity contribution < 1.29 is 14.3 Å². The number of nitrogens with zero attached hydrogens (tertiary/aromatic N) is 3. The van der Waals surface area contributed by atoms with Gasteiger partial charge in [-0.05, 0) is 19.1 Å². The molecule has 24 heavy (non-hydrogen) atoms. The Balaban J connectivity index is 2.14. The number of hydrogen-bond donors (Lipinski definition) is 2. The minimum atomic E-state index is -0.397. The lowest BCUT2D eigenvalue weighted by atomic mass is 10.2. The molecule has 0 bridgehead atoms. The summed E-state index contributed by atoms with van der Waals surface area (Å²) in [7, 11) is 3.00. The zero-order valence-corrected chi connectivity index (χ0v) is 13.8. The number of aromatic nitrogens is 4. The van der Waals surface area contributed by atoms with Crippen molar-refractivity contribution in [3.63, 3.8) is 0 Å². The summed E-state index contributed by atoms with van der Waals surface area (Å²) in [6.45, 7) is 3.08. The highest BCUT2D eigenvalue weighted by atomic mass is 16.5. The maximum atomic E-state index is 11.8. The second-order valence-electron chi connectivity index (χ2n) is 5.24. The summed E-state index contributed by atoms with van der Waals surface area (Å²) in [6, 6.07) is 3.47. The maximum absolute atomic E-state index is 11.8. The number of imidazole rings is 2. The normalized spacial score (nSPS) is 11.0. The molecule has 8 nitrogen and oxygen atoms in total. The fourth-order valence-corrected chi connectivity index (χ4v) is 2.49. The number of aromatic amines is 1. The number of rotatable bonds is 6. The molecule has 3 rings (SSSR count). The van der Waals surface area contributed by atoms with Crippen LogP contribution in [0.5, 0.6) is 0 Å². The number of ether oxygens (including phenoxy) is 2. The quantitative estimate of drug-likeness (QED) is 0.530. The van der Waals surface area contributed by atoms with Crippen LogP contribution in [-0.2, 0) is 9.47 Å². The molecule has 0 aliphatic rings. The average molecular weight is 329 g/mol. The van der Waals surface area contributed by atoms with Crippen LogP contribution in [0.2, 0.25) is 0 Å². The minimum absolute atomic E-state index is 0.397. The van der Waals surface area contributed by atoms with Gasteiger partial charge in [0.05, 0.1) is 25.6 Å². The van der Waals surface area contributed by atoms with E-state index >= 15 is 0 Å². The summed E-state index contributed by atoms with van der Waals surface area (Å²) in [6.07, 6.45) is 3.34. The third-order valence-electron chi connectivity index (χ3n) is 3.69. The van der Waals surface area contributed by atoms with Gasteiger partial charge in [-0.1, -0.05) is 0 Å². The predicted octanol–water partition coefficient (Wildman–Crippen LogP) is 1.88. The summed E-state index contributed by atoms with van der Waals surface area (Å²) < 4.78 is 11.7. The van der Waals surface area contributed by atoms with Crippen LogP contribution >= 0.6 is 0 Å². The number of carbonyl (C=O) groups is 1. The van der Waals surface area contributed by atoms with Gasteiger partial charge in [-0.25, -0.2) is 14.8 Å². The van der Waals surface area contributed by atoms with Crippen molar-refractivity contribution in [2.45, 2.75) is 6.92 Å². The molecule has 0 saturated carbocycles. The van der Waals surface area contributed by atoms with Crippen LogP contribution in [0.3, 0.4) is 0 Å². The molecule has 0 aliphatic carbocycles. The smallest absolute Gasteiger partial charge is 0.339 e. The standard InChI is InChI=1S/C16H19N5O3/c1-10-13(19-9-18-10)14-15(17-6-7-23-2)21-8-11(16(22)24-3)4-5-12(21)20-14/h4-5,8-9,17H,6-7H2,1-3H3,(H,18,19). The van der Waals surface area contributed by atoms with E-state index in [4.69, 9.17) is 9.47 Å². The highest BCUT2D eigenvalue weighted by molar-refractivity contribution is 5.90. The van der Waals surface area contributed by atoms with Gasteiger partial charge in [-0.3, -0.25) is 4.40 Å². The Kier molecular flexibility index (Phi) is 4.48. The van der Waals surface area contributed by atoms with Crippen molar-refractivity contribution in [3.05, 3.63) is 35.9 Å². The number of nitrogens with one attached hydrogen (secondary N) is 2. The summed E-state index contributed by atoms with van der Waals surface area (Å²) >= 11 is 0. The topological polar surface area (TPSA) is 93.5 Å². The minimum Gasteiger partial charge on any atom is -0.465 e. The highest BCUT2D eigenvalue weighted by Gasteiger charge is 2.18. The molecule has 3 heterocycles. The fourth-order valence-electron chi connectivity index (χ4n) is 2.49. The second kappa shape index (κ2) is 6.71. The van der Waals surface area contributed by atoms with E-state index in [0.29, 0.717) is 30.1 Å². The van der Waals surface area contributed by atoms with Crippen LogP contribution in [0.4, 0.5) is 5.82 Å². The average Bonchev–Trinajstić information content (AvgIpc) is 3.17. The van der Waals surface area contributed by atoms with E-state index in [1.165, 1.54) is 7.11 Å². The number of carbonyl (C=O) groups excluding carboxylic acids is 1. The Morgan fingerprint density at radius 2 is 2.17 bits per heavy atom. The number of H-pyrrole nitrogens is 1. The molecule has 0 radical (unpaired) electrons. The molecule has 2 N–H and O–H groups in total. The number of esters is 1. The number of fused-ring (bicyclic) bond motifs is 1. The Labute approximate surface area is 138 Å². The lowest BCUT2D eigenvalue weighted by Crippen LogP contribution is -2.11. The fraction of sp³-hybridized carbons (Fsp3) is 0.312. The van der Waals surface area contributed by atoms with E-state index in [2.05, 4.69) is 20.3 Å². The Morgan fingerprint density at radius 1 is 1.33 bits per heavy atom. The first-order valence-electron chi connectivity index (χ1n) is 7.49. The monoisotopic (exact) mass is 329 g/mol. The third kappa shape index (κ3) is 2.83. The van der Waals surface area contributed by atoms with Crippen LogP contribution in [0.15, 0.2) is 24.7 Å². The molecule has 0 aromatic carbocycles. The molecule has 3 aromatic rings. The number of aryl methyl sites for hydroxylation is 1. The van der Waals surface area contributed by atoms with Crippen LogP contribution in [0.1, 0.15) is 16.1 Å². The van der Waals surface area contributed by atoms with E-state index in [9.17, 15) is 4.79 Å². The van der Waals surface area contributed by atoms with E-state index in [0.717, 1.165) is 17.2 Å². The summed E-state index contributed by atoms with van der Waals surface area (Å²) in [5, 5.41) is 3.31. The van der Waals surface area contributed by atoms with Crippen LogP contribution in [0, 0.1) is 6.92 Å². The van der Waals surface area contributed by atoms with Crippen molar-refractivity contribution in [2.75, 3.05) is 32.7 Å². The van der Waals surface area contributed by atoms with E-state index in [1.54, 1.807) is 31.8 Å². The zero-order valence-electron chi connectivity index (χ0n) is 13.8. The first kappa shape index (κ1) is 16.0. The largest absolute Gasteiger partial charge is 0.465 e.